The molecule has 0 unspecified atom stereocenters. The fraction of sp³-hybridized carbons (Fsp3) is 0.588. The van der Waals surface area contributed by atoms with E-state index in [0.29, 0.717) is 26.1 Å². The Bertz CT molecular complexity index is 528. The summed E-state index contributed by atoms with van der Waals surface area (Å²) in [4.78, 5) is 16.6. The Kier molecular flexibility index (Phi) is 4.45. The molecule has 0 saturated carbocycles. The summed E-state index contributed by atoms with van der Waals surface area (Å²) in [6.07, 6.45) is 3.62. The van der Waals surface area contributed by atoms with Crippen LogP contribution < -0.4 is 0 Å². The number of likely N-dealkylation sites (tertiary alicyclic amines) is 2. The number of nitrogens with zero attached hydrogens (tertiary/aromatic N) is 2. The molecule has 1 amide bonds. The fourth-order valence-corrected chi connectivity index (χ4v) is 3.48. The molecule has 1 N–H and O–H groups in total. The third kappa shape index (κ3) is 3.31. The zero-order chi connectivity index (χ0) is 15.6. The van der Waals surface area contributed by atoms with Crippen molar-refractivity contribution in [2.45, 2.75) is 37.8 Å². The van der Waals surface area contributed by atoms with Crippen LogP contribution in [0.5, 0.6) is 0 Å². The molecule has 0 aliphatic carbocycles. The Balaban J connectivity index is 1.67. The maximum Gasteiger partial charge on any atom is 0.256 e. The van der Waals surface area contributed by atoms with E-state index in [1.807, 2.05) is 0 Å². The summed E-state index contributed by atoms with van der Waals surface area (Å²) in [6, 6.07) is 6.19. The maximum absolute atomic E-state index is 13.0. The van der Waals surface area contributed by atoms with E-state index < -0.39 is 5.60 Å². The standard InChI is InChI=1S/C17H23FN2O2/c18-15-6-4-14(5-7-15)12-20-11-3-8-17(22,16(20)21)13-19-9-1-2-10-19/h4-7,22H,1-3,8-13H2/t17-/m0/s1. The van der Waals surface area contributed by atoms with E-state index in [1.165, 1.54) is 12.1 Å². The molecule has 1 aromatic rings. The molecule has 3 rings (SSSR count). The van der Waals surface area contributed by atoms with Crippen LogP contribution in [-0.2, 0) is 11.3 Å². The number of halogens is 1. The van der Waals surface area contributed by atoms with Crippen molar-refractivity contribution in [1.29, 1.82) is 0 Å². The SMILES string of the molecule is O=C1N(Cc2ccc(F)cc2)CCC[C@]1(O)CN1CCCC1. The number of rotatable bonds is 4. The van der Waals surface area contributed by atoms with Gasteiger partial charge in [0.05, 0.1) is 0 Å². The summed E-state index contributed by atoms with van der Waals surface area (Å²) in [5.74, 6) is -0.464. The average molecular weight is 306 g/mol. The Hall–Kier alpha value is -1.46. The zero-order valence-corrected chi connectivity index (χ0v) is 12.8. The number of hydrogen-bond donors (Lipinski definition) is 1. The number of aliphatic hydroxyl groups is 1. The summed E-state index contributed by atoms with van der Waals surface area (Å²) in [7, 11) is 0. The molecule has 5 heteroatoms. The molecular weight excluding hydrogens is 283 g/mol. The molecule has 1 aromatic carbocycles. The minimum atomic E-state index is -1.26. The maximum atomic E-state index is 13.0. The van der Waals surface area contributed by atoms with Crippen LogP contribution in [0.25, 0.3) is 0 Å². The van der Waals surface area contributed by atoms with E-state index in [2.05, 4.69) is 4.90 Å². The van der Waals surface area contributed by atoms with Gasteiger partial charge in [0.25, 0.3) is 5.91 Å². The minimum Gasteiger partial charge on any atom is -0.379 e. The zero-order valence-electron chi connectivity index (χ0n) is 12.8. The lowest BCUT2D eigenvalue weighted by molar-refractivity contribution is -0.159. The molecule has 0 radical (unpaired) electrons. The molecule has 4 nitrogen and oxygen atoms in total. The van der Waals surface area contributed by atoms with Crippen LogP contribution in [-0.4, -0.2) is 52.6 Å². The molecule has 2 aliphatic rings. The van der Waals surface area contributed by atoms with E-state index >= 15 is 0 Å². The highest BCUT2D eigenvalue weighted by molar-refractivity contribution is 5.86. The number of β-amino-alcohol motifs (C(OH)–C–C–N with tert-alkyl or cyclic N) is 1. The smallest absolute Gasteiger partial charge is 0.256 e. The molecule has 2 fully saturated rings. The third-order valence-corrected chi connectivity index (χ3v) is 4.67. The van der Waals surface area contributed by atoms with Gasteiger partial charge in [0.1, 0.15) is 5.82 Å². The second-order valence-electron chi connectivity index (χ2n) is 6.47. The van der Waals surface area contributed by atoms with E-state index in [1.54, 1.807) is 17.0 Å². The Morgan fingerprint density at radius 1 is 1.09 bits per heavy atom. The number of amides is 1. The van der Waals surface area contributed by atoms with Gasteiger partial charge in [0, 0.05) is 19.6 Å². The molecular formula is C17H23FN2O2. The van der Waals surface area contributed by atoms with Crippen LogP contribution in [0.3, 0.4) is 0 Å². The summed E-state index contributed by atoms with van der Waals surface area (Å²) < 4.78 is 13.0. The highest BCUT2D eigenvalue weighted by atomic mass is 19.1. The van der Waals surface area contributed by atoms with Crippen LogP contribution in [0.15, 0.2) is 24.3 Å². The van der Waals surface area contributed by atoms with Crippen LogP contribution in [0.4, 0.5) is 4.39 Å². The first-order chi connectivity index (χ1) is 10.6. The first-order valence-electron chi connectivity index (χ1n) is 8.05. The summed E-state index contributed by atoms with van der Waals surface area (Å²) in [6.45, 7) is 3.45. The van der Waals surface area contributed by atoms with Crippen molar-refractivity contribution in [2.24, 2.45) is 0 Å². The Morgan fingerprint density at radius 3 is 2.45 bits per heavy atom. The normalized spacial score (nSPS) is 26.6. The van der Waals surface area contributed by atoms with Gasteiger partial charge in [-0.25, -0.2) is 4.39 Å². The number of benzene rings is 1. The van der Waals surface area contributed by atoms with Crippen LogP contribution in [0.1, 0.15) is 31.2 Å². The first-order valence-corrected chi connectivity index (χ1v) is 8.05. The number of carbonyl (C=O) groups is 1. The largest absolute Gasteiger partial charge is 0.379 e. The van der Waals surface area contributed by atoms with Gasteiger partial charge in [-0.15, -0.1) is 0 Å². The molecule has 0 bridgehead atoms. The molecule has 2 saturated heterocycles. The Morgan fingerprint density at radius 2 is 1.77 bits per heavy atom. The predicted octanol–water partition coefficient (Wildman–Crippen LogP) is 1.78. The van der Waals surface area contributed by atoms with Crippen LogP contribution in [0.2, 0.25) is 0 Å². The highest BCUT2D eigenvalue weighted by Crippen LogP contribution is 2.26. The second kappa shape index (κ2) is 6.34. The predicted molar refractivity (Wildman–Crippen MR) is 81.7 cm³/mol. The van der Waals surface area contributed by atoms with Gasteiger partial charge in [0.15, 0.2) is 5.60 Å². The molecule has 2 heterocycles. The quantitative estimate of drug-likeness (QED) is 0.922. The monoisotopic (exact) mass is 306 g/mol. The number of hydrogen-bond acceptors (Lipinski definition) is 3. The first kappa shape index (κ1) is 15.4. The van der Waals surface area contributed by atoms with E-state index in [0.717, 1.165) is 37.9 Å². The number of piperidine rings is 1. The topological polar surface area (TPSA) is 43.8 Å². The average Bonchev–Trinajstić information content (AvgIpc) is 2.99. The lowest BCUT2D eigenvalue weighted by Gasteiger charge is -2.40. The summed E-state index contributed by atoms with van der Waals surface area (Å²) >= 11 is 0. The molecule has 0 spiro atoms. The van der Waals surface area contributed by atoms with Crippen molar-refractivity contribution < 1.29 is 14.3 Å². The van der Waals surface area contributed by atoms with Crippen LogP contribution in [0, 0.1) is 5.82 Å². The third-order valence-electron chi connectivity index (χ3n) is 4.67. The molecule has 2 aliphatic heterocycles. The van der Waals surface area contributed by atoms with Crippen molar-refractivity contribution in [1.82, 2.24) is 9.80 Å². The number of carbonyl (C=O) groups excluding carboxylic acids is 1. The van der Waals surface area contributed by atoms with Crippen molar-refractivity contribution in [2.75, 3.05) is 26.2 Å². The van der Waals surface area contributed by atoms with Crippen molar-refractivity contribution in [3.05, 3.63) is 35.6 Å². The van der Waals surface area contributed by atoms with Gasteiger partial charge in [-0.3, -0.25) is 9.69 Å². The van der Waals surface area contributed by atoms with Gasteiger partial charge in [-0.2, -0.15) is 0 Å². The Labute approximate surface area is 130 Å². The lowest BCUT2D eigenvalue weighted by Crippen LogP contribution is -2.58. The van der Waals surface area contributed by atoms with E-state index in [-0.39, 0.29) is 11.7 Å². The molecule has 22 heavy (non-hydrogen) atoms. The van der Waals surface area contributed by atoms with Crippen molar-refractivity contribution in [3.8, 4) is 0 Å². The van der Waals surface area contributed by atoms with Crippen LogP contribution >= 0.6 is 0 Å². The van der Waals surface area contributed by atoms with E-state index in [9.17, 15) is 14.3 Å². The van der Waals surface area contributed by atoms with Gasteiger partial charge < -0.3 is 10.0 Å². The second-order valence-corrected chi connectivity index (χ2v) is 6.47. The van der Waals surface area contributed by atoms with Crippen molar-refractivity contribution in [3.63, 3.8) is 0 Å². The molecule has 120 valence electrons. The van der Waals surface area contributed by atoms with Gasteiger partial charge >= 0.3 is 0 Å². The van der Waals surface area contributed by atoms with Gasteiger partial charge in [0.2, 0.25) is 0 Å². The minimum absolute atomic E-state index is 0.185. The lowest BCUT2D eigenvalue weighted by atomic mass is 9.91. The van der Waals surface area contributed by atoms with Gasteiger partial charge in [-0.05, 0) is 56.5 Å². The van der Waals surface area contributed by atoms with E-state index in [4.69, 9.17) is 0 Å². The summed E-state index contributed by atoms with van der Waals surface area (Å²) in [5.41, 5.74) is -0.372. The fourth-order valence-electron chi connectivity index (χ4n) is 3.48. The summed E-state index contributed by atoms with van der Waals surface area (Å²) in [5, 5.41) is 10.8. The van der Waals surface area contributed by atoms with Gasteiger partial charge in [-0.1, -0.05) is 12.1 Å². The molecule has 0 aromatic heterocycles. The van der Waals surface area contributed by atoms with Crippen molar-refractivity contribution >= 4 is 5.91 Å². The molecule has 1 atom stereocenters. The highest BCUT2D eigenvalue weighted by Gasteiger charge is 2.43.